The number of alkyl halides is 1. The van der Waals surface area contributed by atoms with E-state index in [2.05, 4.69) is 25.0 Å². The van der Waals surface area contributed by atoms with Gasteiger partial charge in [-0.05, 0) is 12.5 Å². The van der Waals surface area contributed by atoms with Gasteiger partial charge >= 0.3 is 0 Å². The van der Waals surface area contributed by atoms with Crippen LogP contribution in [-0.2, 0) is 4.74 Å². The first-order valence-corrected chi connectivity index (χ1v) is 6.97. The first-order chi connectivity index (χ1) is 11.4. The molecule has 3 rings (SSSR count). The van der Waals surface area contributed by atoms with Crippen molar-refractivity contribution in [1.29, 1.82) is 0 Å². The van der Waals surface area contributed by atoms with Crippen LogP contribution in [0.15, 0.2) is 17.8 Å². The second kappa shape index (κ2) is 5.53. The van der Waals surface area contributed by atoms with Gasteiger partial charge < -0.3 is 20.7 Å². The maximum absolute atomic E-state index is 15.2. The number of nitrogens with zero attached hydrogens (tertiary/aromatic N) is 7. The molecule has 4 N–H and O–H groups in total. The van der Waals surface area contributed by atoms with Gasteiger partial charge in [0.15, 0.2) is 23.4 Å². The lowest BCUT2D eigenvalue weighted by Gasteiger charge is -2.29. The van der Waals surface area contributed by atoms with Crippen molar-refractivity contribution in [3.63, 3.8) is 0 Å². The number of halogens is 1. The van der Waals surface area contributed by atoms with Crippen molar-refractivity contribution in [2.75, 3.05) is 18.9 Å². The van der Waals surface area contributed by atoms with Crippen LogP contribution in [0.5, 0.6) is 0 Å². The van der Waals surface area contributed by atoms with E-state index in [9.17, 15) is 10.2 Å². The van der Waals surface area contributed by atoms with Gasteiger partial charge in [0.25, 0.3) is 0 Å². The van der Waals surface area contributed by atoms with Crippen LogP contribution in [0.1, 0.15) is 13.2 Å². The largest absolute Gasteiger partial charge is 0.393 e. The van der Waals surface area contributed by atoms with E-state index in [4.69, 9.17) is 16.0 Å². The molecule has 0 aliphatic carbocycles. The minimum absolute atomic E-state index is 0.111. The second-order valence-electron chi connectivity index (χ2n) is 5.72. The summed E-state index contributed by atoms with van der Waals surface area (Å²) in [5.74, 6) is 0.111. The van der Waals surface area contributed by atoms with Crippen LogP contribution in [0.3, 0.4) is 0 Å². The number of fused-ring (bicyclic) bond motifs is 1. The summed E-state index contributed by atoms with van der Waals surface area (Å²) in [6.45, 7) is -0.0694. The zero-order valence-corrected chi connectivity index (χ0v) is 12.6. The zero-order chi connectivity index (χ0) is 17.5. The van der Waals surface area contributed by atoms with Gasteiger partial charge in [-0.25, -0.2) is 19.3 Å². The van der Waals surface area contributed by atoms with Crippen LogP contribution in [0.25, 0.3) is 21.6 Å². The highest BCUT2D eigenvalue weighted by Crippen LogP contribution is 2.47. The summed E-state index contributed by atoms with van der Waals surface area (Å²) in [5.41, 5.74) is 10.5. The fourth-order valence-electron chi connectivity index (χ4n) is 2.87. The molecule has 0 spiro atoms. The Morgan fingerprint density at radius 3 is 2.96 bits per heavy atom. The van der Waals surface area contributed by atoms with E-state index >= 15 is 4.39 Å². The Balaban J connectivity index is 2.10. The second-order valence-corrected chi connectivity index (χ2v) is 5.72. The standard InChI is InChI=1S/C12H15FN8O3/c1-11(13)9(23)12(3-22,2-19-20-15)24-10(11)21-5-18-6-7(14)16-4-17-8(6)21/h4-5,9-10,22-23H,2-3H2,1H3,(H2,14,16,17)/t9-,10+,11+,12+/m0/s1. The number of hydrogen-bond acceptors (Lipinski definition) is 8. The molecular weight excluding hydrogens is 323 g/mol. The lowest BCUT2D eigenvalue weighted by Crippen LogP contribution is -2.51. The van der Waals surface area contributed by atoms with Crippen molar-refractivity contribution in [1.82, 2.24) is 19.5 Å². The predicted octanol–water partition coefficient (Wildman–Crippen LogP) is 0.0678. The fourth-order valence-corrected chi connectivity index (χ4v) is 2.87. The molecule has 24 heavy (non-hydrogen) atoms. The van der Waals surface area contributed by atoms with E-state index in [1.54, 1.807) is 0 Å². The average molecular weight is 338 g/mol. The minimum Gasteiger partial charge on any atom is -0.393 e. The van der Waals surface area contributed by atoms with Crippen LogP contribution < -0.4 is 5.73 Å². The molecule has 11 nitrogen and oxygen atoms in total. The summed E-state index contributed by atoms with van der Waals surface area (Å²) in [7, 11) is 0. The van der Waals surface area contributed by atoms with Crippen molar-refractivity contribution in [2.24, 2.45) is 5.11 Å². The highest BCUT2D eigenvalue weighted by atomic mass is 19.1. The summed E-state index contributed by atoms with van der Waals surface area (Å²) in [6, 6.07) is 0. The Morgan fingerprint density at radius 1 is 1.54 bits per heavy atom. The Labute approximate surface area is 134 Å². The number of hydrogen-bond donors (Lipinski definition) is 3. The molecule has 0 unspecified atom stereocenters. The van der Waals surface area contributed by atoms with Gasteiger partial charge in [-0.2, -0.15) is 0 Å². The molecule has 0 amide bonds. The third kappa shape index (κ3) is 2.16. The lowest BCUT2D eigenvalue weighted by atomic mass is 9.89. The number of imidazole rings is 1. The quantitative estimate of drug-likeness (QED) is 0.402. The third-order valence-corrected chi connectivity index (χ3v) is 4.17. The topological polar surface area (TPSA) is 168 Å². The normalized spacial score (nSPS) is 32.8. The molecule has 0 bridgehead atoms. The molecule has 1 aliphatic heterocycles. The number of nitrogen functional groups attached to an aromatic ring is 1. The number of aliphatic hydroxyl groups is 2. The molecule has 4 atom stereocenters. The number of nitrogens with two attached hydrogens (primary N) is 1. The summed E-state index contributed by atoms with van der Waals surface area (Å²) < 4.78 is 22.1. The Hall–Kier alpha value is -2.53. The van der Waals surface area contributed by atoms with Gasteiger partial charge in [-0.15, -0.1) is 0 Å². The van der Waals surface area contributed by atoms with Crippen LogP contribution in [0, 0.1) is 0 Å². The summed E-state index contributed by atoms with van der Waals surface area (Å²) in [6.07, 6.45) is -0.669. The van der Waals surface area contributed by atoms with Gasteiger partial charge in [-0.1, -0.05) is 5.11 Å². The summed E-state index contributed by atoms with van der Waals surface area (Å²) in [5, 5.41) is 23.3. The molecule has 3 heterocycles. The number of aromatic nitrogens is 4. The fraction of sp³-hybridized carbons (Fsp3) is 0.583. The van der Waals surface area contributed by atoms with Gasteiger partial charge in [0.2, 0.25) is 0 Å². The molecule has 0 radical (unpaired) electrons. The Morgan fingerprint density at radius 2 is 2.29 bits per heavy atom. The number of aliphatic hydroxyl groups excluding tert-OH is 2. The average Bonchev–Trinajstić information content (AvgIpc) is 3.07. The SMILES string of the molecule is C[C@@]1(F)[C@H](O)[C@](CO)(CN=[N+]=[N-])O[C@H]1n1cnc2c(N)ncnc21. The molecule has 128 valence electrons. The molecular formula is C12H15FN8O3. The molecule has 1 saturated heterocycles. The predicted molar refractivity (Wildman–Crippen MR) is 79.2 cm³/mol. The van der Waals surface area contributed by atoms with Gasteiger partial charge in [0.05, 0.1) is 19.5 Å². The van der Waals surface area contributed by atoms with Crippen molar-refractivity contribution in [3.05, 3.63) is 23.1 Å². The van der Waals surface area contributed by atoms with Crippen LogP contribution >= 0.6 is 0 Å². The van der Waals surface area contributed by atoms with E-state index < -0.39 is 36.8 Å². The number of ether oxygens (including phenoxy) is 1. The van der Waals surface area contributed by atoms with Crippen molar-refractivity contribution in [2.45, 2.75) is 30.5 Å². The highest BCUT2D eigenvalue weighted by molar-refractivity contribution is 5.81. The zero-order valence-electron chi connectivity index (χ0n) is 12.6. The molecule has 0 aromatic carbocycles. The van der Waals surface area contributed by atoms with Gasteiger partial charge in [0, 0.05) is 4.91 Å². The third-order valence-electron chi connectivity index (χ3n) is 4.17. The molecule has 2 aromatic heterocycles. The Kier molecular flexibility index (Phi) is 3.76. The van der Waals surface area contributed by atoms with E-state index in [1.807, 2.05) is 0 Å². The maximum Gasteiger partial charge on any atom is 0.181 e. The van der Waals surface area contributed by atoms with Crippen molar-refractivity contribution < 1.29 is 19.3 Å². The van der Waals surface area contributed by atoms with Crippen LogP contribution in [0.4, 0.5) is 10.2 Å². The molecule has 2 aromatic rings. The van der Waals surface area contributed by atoms with E-state index in [1.165, 1.54) is 17.2 Å². The van der Waals surface area contributed by atoms with E-state index in [0.717, 1.165) is 6.92 Å². The van der Waals surface area contributed by atoms with Crippen molar-refractivity contribution >= 4 is 17.0 Å². The van der Waals surface area contributed by atoms with Crippen LogP contribution in [0.2, 0.25) is 0 Å². The summed E-state index contributed by atoms with van der Waals surface area (Å²) >= 11 is 0. The number of rotatable bonds is 4. The van der Waals surface area contributed by atoms with E-state index in [0.29, 0.717) is 0 Å². The number of anilines is 1. The summed E-state index contributed by atoms with van der Waals surface area (Å²) in [4.78, 5) is 14.4. The highest BCUT2D eigenvalue weighted by Gasteiger charge is 2.62. The van der Waals surface area contributed by atoms with Gasteiger partial charge in [0.1, 0.15) is 23.5 Å². The van der Waals surface area contributed by atoms with Gasteiger partial charge in [-0.3, -0.25) is 4.57 Å². The molecule has 1 aliphatic rings. The molecule has 0 saturated carbocycles. The first-order valence-electron chi connectivity index (χ1n) is 6.97. The maximum atomic E-state index is 15.2. The molecule has 1 fully saturated rings. The monoisotopic (exact) mass is 338 g/mol. The van der Waals surface area contributed by atoms with Crippen molar-refractivity contribution in [3.8, 4) is 0 Å². The molecule has 12 heteroatoms. The van der Waals surface area contributed by atoms with Crippen LogP contribution in [-0.4, -0.2) is 60.3 Å². The van der Waals surface area contributed by atoms with E-state index in [-0.39, 0.29) is 17.0 Å². The minimum atomic E-state index is -2.32. The number of azide groups is 1. The first kappa shape index (κ1) is 16.3. The lowest BCUT2D eigenvalue weighted by molar-refractivity contribution is -0.121. The Bertz CT molecular complexity index is 820. The smallest absolute Gasteiger partial charge is 0.181 e.